The monoisotopic (exact) mass is 194 g/mol. The molecule has 0 spiro atoms. The fraction of sp³-hybridized carbons (Fsp3) is 0.300. The third-order valence-corrected chi connectivity index (χ3v) is 2.09. The van der Waals surface area contributed by atoms with E-state index in [0.29, 0.717) is 11.3 Å². The van der Waals surface area contributed by atoms with Crippen LogP contribution < -0.4 is 11.5 Å². The van der Waals surface area contributed by atoms with E-state index in [2.05, 4.69) is 0 Å². The number of para-hydroxylation sites is 1. The number of hydrogen-bond acceptors (Lipinski definition) is 3. The van der Waals surface area contributed by atoms with Crippen LogP contribution >= 0.6 is 0 Å². The Balaban J connectivity index is 3.03. The minimum Gasteiger partial charge on any atom is -0.481 e. The van der Waals surface area contributed by atoms with Crippen molar-refractivity contribution in [2.75, 3.05) is 5.73 Å². The van der Waals surface area contributed by atoms with E-state index in [1.165, 1.54) is 0 Å². The van der Waals surface area contributed by atoms with Crippen LogP contribution in [0.3, 0.4) is 0 Å². The first-order chi connectivity index (χ1) is 6.43. The molecular formula is C10H14N2O2. The summed E-state index contributed by atoms with van der Waals surface area (Å²) < 4.78 is 0. The lowest BCUT2D eigenvalue weighted by atomic mass is 9.89. The maximum absolute atomic E-state index is 10.6. The highest BCUT2D eigenvalue weighted by molar-refractivity contribution is 5.69. The van der Waals surface area contributed by atoms with E-state index in [1.54, 1.807) is 31.2 Å². The molecule has 0 aliphatic heterocycles. The van der Waals surface area contributed by atoms with Crippen molar-refractivity contribution in [1.29, 1.82) is 0 Å². The zero-order chi connectivity index (χ0) is 10.8. The van der Waals surface area contributed by atoms with Gasteiger partial charge in [0.1, 0.15) is 0 Å². The molecule has 1 rings (SSSR count). The molecule has 1 unspecified atom stereocenters. The van der Waals surface area contributed by atoms with Crippen molar-refractivity contribution in [3.05, 3.63) is 29.8 Å². The molecule has 1 aromatic carbocycles. The summed E-state index contributed by atoms with van der Waals surface area (Å²) in [5.41, 5.74) is 11.9. The quantitative estimate of drug-likeness (QED) is 0.624. The van der Waals surface area contributed by atoms with Gasteiger partial charge in [0.2, 0.25) is 0 Å². The summed E-state index contributed by atoms with van der Waals surface area (Å²) in [4.78, 5) is 10.6. The number of carbonyl (C=O) groups is 1. The van der Waals surface area contributed by atoms with Crippen molar-refractivity contribution in [3.8, 4) is 0 Å². The van der Waals surface area contributed by atoms with Gasteiger partial charge in [0.05, 0.1) is 12.0 Å². The maximum Gasteiger partial charge on any atom is 0.305 e. The lowest BCUT2D eigenvalue weighted by Crippen LogP contribution is -2.36. The third kappa shape index (κ3) is 2.23. The Morgan fingerprint density at radius 1 is 1.50 bits per heavy atom. The molecule has 0 heterocycles. The summed E-state index contributed by atoms with van der Waals surface area (Å²) in [6.45, 7) is 1.66. The number of rotatable bonds is 3. The molecule has 0 saturated carbocycles. The van der Waals surface area contributed by atoms with Crippen molar-refractivity contribution in [2.24, 2.45) is 5.73 Å². The van der Waals surface area contributed by atoms with Crippen molar-refractivity contribution in [2.45, 2.75) is 18.9 Å². The van der Waals surface area contributed by atoms with Gasteiger partial charge in [-0.15, -0.1) is 0 Å². The molecule has 4 heteroatoms. The molecule has 0 amide bonds. The molecule has 76 valence electrons. The van der Waals surface area contributed by atoms with Gasteiger partial charge in [-0.05, 0) is 18.6 Å². The first-order valence-electron chi connectivity index (χ1n) is 4.29. The van der Waals surface area contributed by atoms with E-state index >= 15 is 0 Å². The molecule has 4 nitrogen and oxygen atoms in total. The van der Waals surface area contributed by atoms with Gasteiger partial charge in [0.25, 0.3) is 0 Å². The van der Waals surface area contributed by atoms with Crippen LogP contribution in [0, 0.1) is 0 Å². The van der Waals surface area contributed by atoms with Gasteiger partial charge in [0, 0.05) is 5.69 Å². The summed E-state index contributed by atoms with van der Waals surface area (Å²) in [5, 5.41) is 8.68. The minimum absolute atomic E-state index is 0.138. The second kappa shape index (κ2) is 3.67. The van der Waals surface area contributed by atoms with Gasteiger partial charge in [0.15, 0.2) is 0 Å². The Bertz CT molecular complexity index is 348. The average molecular weight is 194 g/mol. The van der Waals surface area contributed by atoms with Crippen molar-refractivity contribution < 1.29 is 9.90 Å². The van der Waals surface area contributed by atoms with E-state index in [-0.39, 0.29) is 6.42 Å². The lowest BCUT2D eigenvalue weighted by molar-refractivity contribution is -0.138. The molecule has 0 radical (unpaired) electrons. The van der Waals surface area contributed by atoms with E-state index in [1.807, 2.05) is 0 Å². The number of aliphatic carboxylic acids is 1. The van der Waals surface area contributed by atoms with Crippen LogP contribution in [0.15, 0.2) is 24.3 Å². The van der Waals surface area contributed by atoms with E-state index in [0.717, 1.165) is 0 Å². The van der Waals surface area contributed by atoms with Gasteiger partial charge < -0.3 is 16.6 Å². The van der Waals surface area contributed by atoms with E-state index < -0.39 is 11.5 Å². The summed E-state index contributed by atoms with van der Waals surface area (Å²) in [6, 6.07) is 7.04. The molecule has 5 N–H and O–H groups in total. The Morgan fingerprint density at radius 2 is 2.07 bits per heavy atom. The number of hydrogen-bond donors (Lipinski definition) is 3. The van der Waals surface area contributed by atoms with E-state index in [9.17, 15) is 4.79 Å². The van der Waals surface area contributed by atoms with E-state index in [4.69, 9.17) is 16.6 Å². The Labute approximate surface area is 82.5 Å². The summed E-state index contributed by atoms with van der Waals surface area (Å²) in [7, 11) is 0. The zero-order valence-corrected chi connectivity index (χ0v) is 8.03. The van der Waals surface area contributed by atoms with Crippen molar-refractivity contribution in [1.82, 2.24) is 0 Å². The van der Waals surface area contributed by atoms with Crippen LogP contribution in [0.4, 0.5) is 5.69 Å². The molecule has 0 saturated heterocycles. The number of nitrogens with two attached hydrogens (primary N) is 2. The first kappa shape index (κ1) is 10.5. The molecule has 0 aromatic heterocycles. The van der Waals surface area contributed by atoms with Gasteiger partial charge in [-0.1, -0.05) is 18.2 Å². The van der Waals surface area contributed by atoms with Crippen molar-refractivity contribution in [3.63, 3.8) is 0 Å². The molecule has 14 heavy (non-hydrogen) atoms. The number of carboxylic acid groups (broad SMARTS) is 1. The minimum atomic E-state index is -0.932. The van der Waals surface area contributed by atoms with Gasteiger partial charge >= 0.3 is 5.97 Å². The van der Waals surface area contributed by atoms with Crippen LogP contribution in [-0.2, 0) is 10.3 Å². The Kier molecular flexibility index (Phi) is 2.76. The summed E-state index contributed by atoms with van der Waals surface area (Å²) in [6.07, 6.45) is -0.138. The molecule has 0 fully saturated rings. The largest absolute Gasteiger partial charge is 0.481 e. The number of carboxylic acids is 1. The average Bonchev–Trinajstić information content (AvgIpc) is 2.02. The molecule has 0 bridgehead atoms. The van der Waals surface area contributed by atoms with Crippen LogP contribution in [0.1, 0.15) is 18.9 Å². The SMILES string of the molecule is CC(N)(CC(=O)O)c1ccccc1N. The summed E-state index contributed by atoms with van der Waals surface area (Å²) in [5.74, 6) is -0.932. The Morgan fingerprint density at radius 3 is 2.57 bits per heavy atom. The lowest BCUT2D eigenvalue weighted by Gasteiger charge is -2.24. The van der Waals surface area contributed by atoms with Crippen LogP contribution in [0.5, 0.6) is 0 Å². The highest BCUT2D eigenvalue weighted by Crippen LogP contribution is 2.26. The fourth-order valence-corrected chi connectivity index (χ4v) is 1.43. The molecule has 1 aromatic rings. The molecule has 0 aliphatic carbocycles. The highest BCUT2D eigenvalue weighted by Gasteiger charge is 2.26. The smallest absolute Gasteiger partial charge is 0.305 e. The first-order valence-corrected chi connectivity index (χ1v) is 4.29. The predicted molar refractivity (Wildman–Crippen MR) is 54.6 cm³/mol. The molecule has 1 atom stereocenters. The maximum atomic E-state index is 10.6. The molecule has 0 aliphatic rings. The number of anilines is 1. The molecular weight excluding hydrogens is 180 g/mol. The third-order valence-electron chi connectivity index (χ3n) is 2.09. The standard InChI is InChI=1S/C10H14N2O2/c1-10(12,6-9(13)14)7-4-2-3-5-8(7)11/h2-5H,6,11-12H2,1H3,(H,13,14). The van der Waals surface area contributed by atoms with Gasteiger partial charge in [-0.2, -0.15) is 0 Å². The summed E-state index contributed by atoms with van der Waals surface area (Å²) >= 11 is 0. The van der Waals surface area contributed by atoms with Crippen LogP contribution in [0.2, 0.25) is 0 Å². The topological polar surface area (TPSA) is 89.3 Å². The number of nitrogen functional groups attached to an aromatic ring is 1. The second-order valence-electron chi connectivity index (χ2n) is 3.58. The van der Waals surface area contributed by atoms with Gasteiger partial charge in [-0.3, -0.25) is 4.79 Å². The zero-order valence-electron chi connectivity index (χ0n) is 8.03. The second-order valence-corrected chi connectivity index (χ2v) is 3.58. The van der Waals surface area contributed by atoms with Gasteiger partial charge in [-0.25, -0.2) is 0 Å². The van der Waals surface area contributed by atoms with Crippen LogP contribution in [-0.4, -0.2) is 11.1 Å². The van der Waals surface area contributed by atoms with Crippen LogP contribution in [0.25, 0.3) is 0 Å². The fourth-order valence-electron chi connectivity index (χ4n) is 1.43. The highest BCUT2D eigenvalue weighted by atomic mass is 16.4. The number of benzene rings is 1. The Hall–Kier alpha value is -1.55. The van der Waals surface area contributed by atoms with Crippen molar-refractivity contribution >= 4 is 11.7 Å². The normalized spacial score (nSPS) is 14.7. The predicted octanol–water partition coefficient (Wildman–Crippen LogP) is 0.917.